The summed E-state index contributed by atoms with van der Waals surface area (Å²) in [6, 6.07) is 6.21. The van der Waals surface area contributed by atoms with Crippen LogP contribution in [0.4, 0.5) is 4.79 Å². The van der Waals surface area contributed by atoms with Gasteiger partial charge < -0.3 is 10.1 Å². The molecule has 1 aliphatic rings. The number of amides is 4. The second-order valence-corrected chi connectivity index (χ2v) is 5.36. The van der Waals surface area contributed by atoms with E-state index in [1.165, 1.54) is 11.8 Å². The van der Waals surface area contributed by atoms with Crippen LogP contribution in [0.1, 0.15) is 29.8 Å². The standard InChI is InChI=1S/C17H19N3O5/c1-4-18-17(24)19-15(22)11(3)25-14(21)9-20-10(2)12-7-5-6-8-13(12)16(20)23/h5-8,11H,2,4,9H2,1,3H3,(H2,18,19,22,24)/t11-/m0/s1. The Labute approximate surface area is 144 Å². The first-order valence-corrected chi connectivity index (χ1v) is 7.73. The summed E-state index contributed by atoms with van der Waals surface area (Å²) in [7, 11) is 0. The Hall–Kier alpha value is -3.16. The SMILES string of the molecule is C=C1c2ccccc2C(=O)N1CC(=O)O[C@@H](C)C(=O)NC(=O)NCC. The third-order valence-electron chi connectivity index (χ3n) is 3.58. The zero-order valence-electron chi connectivity index (χ0n) is 14.0. The van der Waals surface area contributed by atoms with Gasteiger partial charge in [-0.2, -0.15) is 0 Å². The molecule has 0 unspecified atom stereocenters. The van der Waals surface area contributed by atoms with Crippen LogP contribution >= 0.6 is 0 Å². The molecule has 25 heavy (non-hydrogen) atoms. The smallest absolute Gasteiger partial charge is 0.326 e. The van der Waals surface area contributed by atoms with E-state index >= 15 is 0 Å². The van der Waals surface area contributed by atoms with Crippen LogP contribution < -0.4 is 10.6 Å². The summed E-state index contributed by atoms with van der Waals surface area (Å²) in [6.07, 6.45) is -1.18. The fraction of sp³-hybridized carbons (Fsp3) is 0.294. The van der Waals surface area contributed by atoms with Gasteiger partial charge in [0, 0.05) is 23.4 Å². The summed E-state index contributed by atoms with van der Waals surface area (Å²) in [5.74, 6) is -1.88. The maximum absolute atomic E-state index is 12.3. The zero-order valence-corrected chi connectivity index (χ0v) is 14.0. The molecule has 0 aromatic heterocycles. The Bertz CT molecular complexity index is 709. The molecular weight excluding hydrogens is 326 g/mol. The van der Waals surface area contributed by atoms with E-state index in [-0.39, 0.29) is 12.5 Å². The number of nitrogens with zero attached hydrogens (tertiary/aromatic N) is 1. The van der Waals surface area contributed by atoms with E-state index in [0.717, 1.165) is 0 Å². The molecular formula is C17H19N3O5. The van der Waals surface area contributed by atoms with Gasteiger partial charge in [-0.1, -0.05) is 24.8 Å². The minimum atomic E-state index is -1.18. The van der Waals surface area contributed by atoms with Crippen molar-refractivity contribution in [3.63, 3.8) is 0 Å². The van der Waals surface area contributed by atoms with Gasteiger partial charge in [-0.15, -0.1) is 0 Å². The van der Waals surface area contributed by atoms with Crippen LogP contribution in [0.25, 0.3) is 5.70 Å². The molecule has 0 saturated carbocycles. The lowest BCUT2D eigenvalue weighted by Crippen LogP contribution is -2.45. The van der Waals surface area contributed by atoms with Crippen molar-refractivity contribution >= 4 is 29.5 Å². The maximum Gasteiger partial charge on any atom is 0.326 e. The van der Waals surface area contributed by atoms with Crippen LogP contribution in [0, 0.1) is 0 Å². The molecule has 1 atom stereocenters. The Morgan fingerprint density at radius 3 is 2.48 bits per heavy atom. The van der Waals surface area contributed by atoms with Crippen molar-refractivity contribution < 1.29 is 23.9 Å². The Kier molecular flexibility index (Phi) is 5.53. The number of rotatable bonds is 5. The molecule has 0 aliphatic carbocycles. The van der Waals surface area contributed by atoms with E-state index < -0.39 is 24.0 Å². The maximum atomic E-state index is 12.3. The molecule has 0 radical (unpaired) electrons. The number of hydrogen-bond donors (Lipinski definition) is 2. The van der Waals surface area contributed by atoms with Gasteiger partial charge in [0.15, 0.2) is 6.10 Å². The second kappa shape index (κ2) is 7.61. The number of imide groups is 1. The van der Waals surface area contributed by atoms with E-state index in [0.29, 0.717) is 23.4 Å². The van der Waals surface area contributed by atoms with E-state index in [1.54, 1.807) is 31.2 Å². The molecule has 2 rings (SSSR count). The number of hydrogen-bond acceptors (Lipinski definition) is 5. The quantitative estimate of drug-likeness (QED) is 0.771. The number of esters is 1. The predicted octanol–water partition coefficient (Wildman–Crippen LogP) is 0.891. The van der Waals surface area contributed by atoms with Crippen LogP contribution in [0.15, 0.2) is 30.8 Å². The van der Waals surface area contributed by atoms with Gasteiger partial charge in [0.1, 0.15) is 6.54 Å². The van der Waals surface area contributed by atoms with Gasteiger partial charge in [0.05, 0.1) is 0 Å². The van der Waals surface area contributed by atoms with Crippen molar-refractivity contribution in [3.05, 3.63) is 42.0 Å². The Morgan fingerprint density at radius 1 is 1.24 bits per heavy atom. The zero-order chi connectivity index (χ0) is 18.6. The van der Waals surface area contributed by atoms with E-state index in [9.17, 15) is 19.2 Å². The summed E-state index contributed by atoms with van der Waals surface area (Å²) in [5, 5.41) is 4.44. The summed E-state index contributed by atoms with van der Waals surface area (Å²) < 4.78 is 4.98. The molecule has 8 heteroatoms. The monoisotopic (exact) mass is 345 g/mol. The van der Waals surface area contributed by atoms with Crippen LogP contribution in [0.5, 0.6) is 0 Å². The molecule has 0 spiro atoms. The topological polar surface area (TPSA) is 105 Å². The van der Waals surface area contributed by atoms with Gasteiger partial charge >= 0.3 is 12.0 Å². The molecule has 1 aliphatic heterocycles. The van der Waals surface area contributed by atoms with Crippen molar-refractivity contribution in [2.45, 2.75) is 20.0 Å². The highest BCUT2D eigenvalue weighted by atomic mass is 16.5. The average Bonchev–Trinajstić information content (AvgIpc) is 2.80. The lowest BCUT2D eigenvalue weighted by atomic mass is 10.1. The van der Waals surface area contributed by atoms with Crippen molar-refractivity contribution in [1.29, 1.82) is 0 Å². The number of carbonyl (C=O) groups excluding carboxylic acids is 4. The number of fused-ring (bicyclic) bond motifs is 1. The van der Waals surface area contributed by atoms with Crippen molar-refractivity contribution in [2.24, 2.45) is 0 Å². The summed E-state index contributed by atoms with van der Waals surface area (Å²) in [5.41, 5.74) is 1.52. The number of benzene rings is 1. The van der Waals surface area contributed by atoms with Gasteiger partial charge in [0.2, 0.25) is 0 Å². The van der Waals surface area contributed by atoms with Gasteiger partial charge in [-0.25, -0.2) is 4.79 Å². The summed E-state index contributed by atoms with van der Waals surface area (Å²) >= 11 is 0. The molecule has 0 bridgehead atoms. The molecule has 0 fully saturated rings. The normalized spacial score (nSPS) is 13.9. The number of ether oxygens (including phenoxy) is 1. The molecule has 1 aromatic rings. The number of urea groups is 1. The van der Waals surface area contributed by atoms with Gasteiger partial charge in [-0.05, 0) is 19.9 Å². The molecule has 1 aromatic carbocycles. The van der Waals surface area contributed by atoms with Crippen LogP contribution in [-0.4, -0.2) is 47.9 Å². The molecule has 4 amide bonds. The summed E-state index contributed by atoms with van der Waals surface area (Å²) in [6.45, 7) is 6.84. The van der Waals surface area contributed by atoms with Crippen LogP contribution in [0.2, 0.25) is 0 Å². The minimum Gasteiger partial charge on any atom is -0.451 e. The lowest BCUT2D eigenvalue weighted by Gasteiger charge is -2.18. The highest BCUT2D eigenvalue weighted by Crippen LogP contribution is 2.30. The molecule has 1 heterocycles. The fourth-order valence-electron chi connectivity index (χ4n) is 2.34. The Morgan fingerprint density at radius 2 is 1.88 bits per heavy atom. The Balaban J connectivity index is 1.93. The van der Waals surface area contributed by atoms with E-state index in [4.69, 9.17) is 4.74 Å². The first-order valence-electron chi connectivity index (χ1n) is 7.73. The van der Waals surface area contributed by atoms with E-state index in [1.807, 2.05) is 5.32 Å². The third kappa shape index (κ3) is 4.03. The lowest BCUT2D eigenvalue weighted by molar-refractivity contribution is -0.154. The average molecular weight is 345 g/mol. The molecule has 132 valence electrons. The number of nitrogens with one attached hydrogen (secondary N) is 2. The molecule has 2 N–H and O–H groups in total. The highest BCUT2D eigenvalue weighted by molar-refractivity contribution is 6.10. The van der Waals surface area contributed by atoms with E-state index in [2.05, 4.69) is 11.9 Å². The fourth-order valence-corrected chi connectivity index (χ4v) is 2.34. The van der Waals surface area contributed by atoms with Crippen molar-refractivity contribution in [2.75, 3.05) is 13.1 Å². The van der Waals surface area contributed by atoms with Crippen LogP contribution in [-0.2, 0) is 14.3 Å². The first kappa shape index (κ1) is 18.2. The third-order valence-corrected chi connectivity index (χ3v) is 3.58. The molecule has 8 nitrogen and oxygen atoms in total. The largest absolute Gasteiger partial charge is 0.451 e. The molecule has 0 saturated heterocycles. The van der Waals surface area contributed by atoms with Crippen molar-refractivity contribution in [3.8, 4) is 0 Å². The summed E-state index contributed by atoms with van der Waals surface area (Å²) in [4.78, 5) is 48.6. The van der Waals surface area contributed by atoms with Crippen LogP contribution in [0.3, 0.4) is 0 Å². The first-order chi connectivity index (χ1) is 11.8. The number of carbonyl (C=O) groups is 4. The van der Waals surface area contributed by atoms with Crippen molar-refractivity contribution in [1.82, 2.24) is 15.5 Å². The second-order valence-electron chi connectivity index (χ2n) is 5.36. The predicted molar refractivity (Wildman–Crippen MR) is 89.3 cm³/mol. The van der Waals surface area contributed by atoms with Gasteiger partial charge in [-0.3, -0.25) is 24.6 Å². The highest BCUT2D eigenvalue weighted by Gasteiger charge is 2.33. The van der Waals surface area contributed by atoms with Gasteiger partial charge in [0.25, 0.3) is 11.8 Å². The minimum absolute atomic E-state index is 0.350.